The Kier molecular flexibility index (Phi) is 4.36. The van der Waals surface area contributed by atoms with Crippen LogP contribution >= 0.6 is 0 Å². The molecule has 6 heteroatoms. The lowest BCUT2D eigenvalue weighted by Crippen LogP contribution is -2.27. The lowest BCUT2D eigenvalue weighted by molar-refractivity contribution is 0.347. The highest BCUT2D eigenvalue weighted by atomic mass is 16.5. The summed E-state index contributed by atoms with van der Waals surface area (Å²) < 4.78 is 5.19. The van der Waals surface area contributed by atoms with E-state index in [4.69, 9.17) is 4.52 Å². The summed E-state index contributed by atoms with van der Waals surface area (Å²) in [6.45, 7) is 8.23. The molecule has 2 aromatic heterocycles. The maximum Gasteiger partial charge on any atom is 0.263 e. The van der Waals surface area contributed by atoms with Crippen molar-refractivity contribution in [1.82, 2.24) is 20.0 Å². The molecule has 1 N–H and O–H groups in total. The van der Waals surface area contributed by atoms with Gasteiger partial charge in [-0.25, -0.2) is 4.98 Å². The van der Waals surface area contributed by atoms with Gasteiger partial charge in [0.2, 0.25) is 0 Å². The molecule has 3 aromatic rings. The quantitative estimate of drug-likeness (QED) is 0.771. The highest BCUT2D eigenvalue weighted by Crippen LogP contribution is 2.29. The number of hydrogen-bond acceptors (Lipinski definition) is 6. The van der Waals surface area contributed by atoms with E-state index in [1.807, 2.05) is 6.92 Å². The minimum absolute atomic E-state index is 0.538. The Bertz CT molecular complexity index is 875. The summed E-state index contributed by atoms with van der Waals surface area (Å²) in [6, 6.07) is 8.74. The molecule has 3 heterocycles. The first-order valence-corrected chi connectivity index (χ1v) is 8.81. The number of aryl methyl sites for hydroxylation is 2. The predicted octanol–water partition coefficient (Wildman–Crippen LogP) is 3.14. The van der Waals surface area contributed by atoms with Gasteiger partial charge in [0.15, 0.2) is 0 Å². The van der Waals surface area contributed by atoms with Gasteiger partial charge in [-0.2, -0.15) is 4.98 Å². The smallest absolute Gasteiger partial charge is 0.263 e. The topological polar surface area (TPSA) is 67.1 Å². The highest BCUT2D eigenvalue weighted by molar-refractivity contribution is 5.87. The summed E-state index contributed by atoms with van der Waals surface area (Å²) in [5.74, 6) is 1.45. The van der Waals surface area contributed by atoms with E-state index in [2.05, 4.69) is 56.5 Å². The molecule has 0 bridgehead atoms. The van der Waals surface area contributed by atoms with E-state index in [9.17, 15) is 0 Å². The predicted molar refractivity (Wildman–Crippen MR) is 97.8 cm³/mol. The van der Waals surface area contributed by atoms with Crippen LogP contribution in [0, 0.1) is 13.8 Å². The van der Waals surface area contributed by atoms with Crippen molar-refractivity contribution in [3.8, 4) is 0 Å². The van der Waals surface area contributed by atoms with Crippen LogP contribution in [0.15, 0.2) is 35.1 Å². The maximum atomic E-state index is 5.19. The fraction of sp³-hybridized carbons (Fsp3) is 0.421. The Labute approximate surface area is 147 Å². The Balaban J connectivity index is 1.35. The minimum atomic E-state index is 0.538. The first kappa shape index (κ1) is 16.0. The van der Waals surface area contributed by atoms with Crippen molar-refractivity contribution in [2.24, 2.45) is 0 Å². The van der Waals surface area contributed by atoms with E-state index in [0.29, 0.717) is 11.6 Å². The molecule has 0 aliphatic carbocycles. The number of benzene rings is 1. The van der Waals surface area contributed by atoms with Crippen LogP contribution in [0.2, 0.25) is 0 Å². The Morgan fingerprint density at radius 3 is 3.00 bits per heavy atom. The van der Waals surface area contributed by atoms with Crippen LogP contribution in [0.5, 0.6) is 0 Å². The van der Waals surface area contributed by atoms with Gasteiger partial charge in [0.25, 0.3) is 5.71 Å². The molecule has 0 amide bonds. The lowest BCUT2D eigenvalue weighted by Gasteiger charge is -2.17. The largest absolute Gasteiger partial charge is 0.368 e. The zero-order valence-corrected chi connectivity index (χ0v) is 14.7. The fourth-order valence-electron chi connectivity index (χ4n) is 3.72. The zero-order valence-electron chi connectivity index (χ0n) is 14.7. The van der Waals surface area contributed by atoms with Gasteiger partial charge in [0.1, 0.15) is 17.5 Å². The van der Waals surface area contributed by atoms with Gasteiger partial charge in [-0.15, -0.1) is 0 Å². The van der Waals surface area contributed by atoms with E-state index in [0.717, 1.165) is 43.1 Å². The van der Waals surface area contributed by atoms with Crippen LogP contribution in [0.1, 0.15) is 29.2 Å². The van der Waals surface area contributed by atoms with Crippen LogP contribution in [-0.4, -0.2) is 46.2 Å². The summed E-state index contributed by atoms with van der Waals surface area (Å²) in [5, 5.41) is 8.26. The second-order valence-electron chi connectivity index (χ2n) is 6.74. The molecule has 4 rings (SSSR count). The van der Waals surface area contributed by atoms with Gasteiger partial charge < -0.3 is 14.7 Å². The van der Waals surface area contributed by atoms with E-state index in [1.165, 1.54) is 23.9 Å². The molecule has 0 spiro atoms. The molecule has 6 nitrogen and oxygen atoms in total. The van der Waals surface area contributed by atoms with Crippen molar-refractivity contribution < 1.29 is 4.52 Å². The Morgan fingerprint density at radius 2 is 2.12 bits per heavy atom. The number of rotatable bonds is 5. The maximum absolute atomic E-state index is 5.19. The fourth-order valence-corrected chi connectivity index (χ4v) is 3.72. The monoisotopic (exact) mass is 337 g/mol. The van der Waals surface area contributed by atoms with Gasteiger partial charge in [-0.3, -0.25) is 0 Å². The van der Waals surface area contributed by atoms with Crippen molar-refractivity contribution in [2.45, 2.75) is 26.2 Å². The molecular weight excluding hydrogens is 314 g/mol. The van der Waals surface area contributed by atoms with Crippen molar-refractivity contribution in [3.63, 3.8) is 0 Å². The van der Waals surface area contributed by atoms with Gasteiger partial charge in [-0.1, -0.05) is 29.4 Å². The first-order chi connectivity index (χ1) is 12.2. The molecule has 0 unspecified atom stereocenters. The minimum Gasteiger partial charge on any atom is -0.368 e. The number of nitrogens with zero attached hydrogens (tertiary/aromatic N) is 4. The number of nitrogens with one attached hydrogen (secondary N) is 1. The molecule has 1 aromatic carbocycles. The standard InChI is InChI=1S/C19H23N5O/c1-13-5-3-4-6-16(13)15-7-9-24(11-15)10-8-20-18-17-14(2)23-25-19(17)22-12-21-18/h3-6,12,15H,7-11H2,1-2H3,(H,20,21,22)/t15-/m0/s1. The molecule has 25 heavy (non-hydrogen) atoms. The average Bonchev–Trinajstić information content (AvgIpc) is 3.23. The molecule has 0 radical (unpaired) electrons. The van der Waals surface area contributed by atoms with Gasteiger partial charge in [0, 0.05) is 19.6 Å². The van der Waals surface area contributed by atoms with Gasteiger partial charge >= 0.3 is 0 Å². The number of fused-ring (bicyclic) bond motifs is 1. The third-order valence-corrected chi connectivity index (χ3v) is 5.06. The third kappa shape index (κ3) is 3.22. The second-order valence-corrected chi connectivity index (χ2v) is 6.74. The number of aromatic nitrogens is 3. The first-order valence-electron chi connectivity index (χ1n) is 8.81. The molecule has 1 atom stereocenters. The van der Waals surface area contributed by atoms with Crippen molar-refractivity contribution in [3.05, 3.63) is 47.4 Å². The van der Waals surface area contributed by atoms with E-state index in [-0.39, 0.29) is 0 Å². The summed E-state index contributed by atoms with van der Waals surface area (Å²) in [5.41, 5.74) is 4.25. The van der Waals surface area contributed by atoms with E-state index >= 15 is 0 Å². The lowest BCUT2D eigenvalue weighted by atomic mass is 9.94. The van der Waals surface area contributed by atoms with Crippen LogP contribution in [-0.2, 0) is 0 Å². The van der Waals surface area contributed by atoms with Gasteiger partial charge in [0.05, 0.1) is 5.69 Å². The molecule has 1 fully saturated rings. The van der Waals surface area contributed by atoms with Crippen LogP contribution in [0.3, 0.4) is 0 Å². The zero-order chi connectivity index (χ0) is 17.2. The summed E-state index contributed by atoms with van der Waals surface area (Å²) in [6.07, 6.45) is 2.74. The number of anilines is 1. The van der Waals surface area contributed by atoms with E-state index < -0.39 is 0 Å². The second kappa shape index (κ2) is 6.80. The average molecular weight is 337 g/mol. The van der Waals surface area contributed by atoms with Gasteiger partial charge in [-0.05, 0) is 43.9 Å². The SMILES string of the molecule is Cc1ccccc1[C@H]1CCN(CCNc2ncnc3onc(C)c23)C1. The van der Waals surface area contributed by atoms with Crippen LogP contribution in [0.25, 0.3) is 11.1 Å². The normalized spacial score (nSPS) is 18.1. The Morgan fingerprint density at radius 1 is 1.24 bits per heavy atom. The van der Waals surface area contributed by atoms with Crippen molar-refractivity contribution >= 4 is 16.9 Å². The summed E-state index contributed by atoms with van der Waals surface area (Å²) >= 11 is 0. The highest BCUT2D eigenvalue weighted by Gasteiger charge is 2.24. The Hall–Kier alpha value is -2.47. The van der Waals surface area contributed by atoms with Crippen molar-refractivity contribution in [2.75, 3.05) is 31.5 Å². The summed E-state index contributed by atoms with van der Waals surface area (Å²) in [4.78, 5) is 11.0. The molecule has 1 aliphatic heterocycles. The summed E-state index contributed by atoms with van der Waals surface area (Å²) in [7, 11) is 0. The van der Waals surface area contributed by atoms with E-state index in [1.54, 1.807) is 0 Å². The van der Waals surface area contributed by atoms with Crippen molar-refractivity contribution in [1.29, 1.82) is 0 Å². The molecule has 1 saturated heterocycles. The molecule has 0 saturated carbocycles. The third-order valence-electron chi connectivity index (χ3n) is 5.06. The number of hydrogen-bond donors (Lipinski definition) is 1. The molecular formula is C19H23N5O. The molecule has 130 valence electrons. The number of likely N-dealkylation sites (tertiary alicyclic amines) is 1. The van der Waals surface area contributed by atoms with Crippen LogP contribution < -0.4 is 5.32 Å². The van der Waals surface area contributed by atoms with Crippen LogP contribution in [0.4, 0.5) is 5.82 Å². The molecule has 1 aliphatic rings.